The Bertz CT molecular complexity index is 221. The van der Waals surface area contributed by atoms with Crippen molar-refractivity contribution in [3.63, 3.8) is 0 Å². The maximum Gasteiger partial charge on any atom is 0.225 e. The van der Waals surface area contributed by atoms with Crippen molar-refractivity contribution in [2.45, 2.75) is 51.9 Å². The SMILES string of the molecule is CC1CCCC(C(=O)N2CCCCC2)C1. The topological polar surface area (TPSA) is 20.3 Å². The third kappa shape index (κ3) is 2.73. The van der Waals surface area contributed by atoms with Crippen molar-refractivity contribution < 1.29 is 4.79 Å². The second-order valence-corrected chi connectivity index (χ2v) is 5.35. The summed E-state index contributed by atoms with van der Waals surface area (Å²) in [5.74, 6) is 1.57. The van der Waals surface area contributed by atoms with Crippen LogP contribution in [0.1, 0.15) is 51.9 Å². The van der Waals surface area contributed by atoms with E-state index in [1.165, 1.54) is 32.1 Å². The van der Waals surface area contributed by atoms with Crippen LogP contribution in [0.4, 0.5) is 0 Å². The van der Waals surface area contributed by atoms with E-state index in [9.17, 15) is 4.79 Å². The molecule has 0 aromatic heterocycles. The van der Waals surface area contributed by atoms with Gasteiger partial charge in [-0.25, -0.2) is 0 Å². The standard InChI is InChI=1S/C13H23NO/c1-11-6-5-7-12(10-11)13(15)14-8-3-2-4-9-14/h11-12H,2-10H2,1H3. The lowest BCUT2D eigenvalue weighted by molar-refractivity contribution is -0.137. The average Bonchev–Trinajstić information content (AvgIpc) is 2.29. The summed E-state index contributed by atoms with van der Waals surface area (Å²) in [6.07, 6.45) is 8.59. The Morgan fingerprint density at radius 3 is 2.47 bits per heavy atom. The highest BCUT2D eigenvalue weighted by atomic mass is 16.2. The van der Waals surface area contributed by atoms with Crippen molar-refractivity contribution in [3.8, 4) is 0 Å². The lowest BCUT2D eigenvalue weighted by atomic mass is 9.81. The van der Waals surface area contributed by atoms with E-state index in [-0.39, 0.29) is 0 Å². The van der Waals surface area contributed by atoms with Gasteiger partial charge in [-0.2, -0.15) is 0 Å². The molecule has 0 N–H and O–H groups in total. The zero-order chi connectivity index (χ0) is 10.7. The first kappa shape index (κ1) is 11.0. The van der Waals surface area contributed by atoms with E-state index >= 15 is 0 Å². The Labute approximate surface area is 93.0 Å². The normalized spacial score (nSPS) is 32.7. The van der Waals surface area contributed by atoms with E-state index in [0.29, 0.717) is 11.8 Å². The number of carbonyl (C=O) groups is 1. The van der Waals surface area contributed by atoms with Gasteiger partial charge < -0.3 is 4.90 Å². The van der Waals surface area contributed by atoms with Gasteiger partial charge in [0.15, 0.2) is 0 Å². The lowest BCUT2D eigenvalue weighted by Crippen LogP contribution is -2.40. The quantitative estimate of drug-likeness (QED) is 0.650. The highest BCUT2D eigenvalue weighted by Crippen LogP contribution is 2.30. The van der Waals surface area contributed by atoms with Crippen LogP contribution < -0.4 is 0 Å². The number of nitrogens with zero attached hydrogens (tertiary/aromatic N) is 1. The number of hydrogen-bond donors (Lipinski definition) is 0. The third-order valence-electron chi connectivity index (χ3n) is 3.95. The molecule has 2 rings (SSSR count). The number of piperidine rings is 1. The van der Waals surface area contributed by atoms with Crippen molar-refractivity contribution in [1.82, 2.24) is 4.90 Å². The van der Waals surface area contributed by atoms with Crippen LogP contribution in [-0.2, 0) is 4.79 Å². The molecule has 0 aromatic rings. The molecule has 1 saturated heterocycles. The molecule has 1 heterocycles. The highest BCUT2D eigenvalue weighted by molar-refractivity contribution is 5.79. The van der Waals surface area contributed by atoms with Crippen LogP contribution in [0, 0.1) is 11.8 Å². The molecule has 2 nitrogen and oxygen atoms in total. The summed E-state index contributed by atoms with van der Waals surface area (Å²) in [5.41, 5.74) is 0. The molecular formula is C13H23NO. The minimum atomic E-state index is 0.354. The third-order valence-corrected chi connectivity index (χ3v) is 3.95. The fourth-order valence-corrected chi connectivity index (χ4v) is 3.03. The summed E-state index contributed by atoms with van der Waals surface area (Å²) in [5, 5.41) is 0. The van der Waals surface area contributed by atoms with Crippen molar-refractivity contribution in [2.24, 2.45) is 11.8 Å². The summed E-state index contributed by atoms with van der Waals surface area (Å²) < 4.78 is 0. The van der Waals surface area contributed by atoms with Crippen LogP contribution >= 0.6 is 0 Å². The maximum absolute atomic E-state index is 12.2. The van der Waals surface area contributed by atoms with Gasteiger partial charge in [-0.3, -0.25) is 4.79 Å². The Balaban J connectivity index is 1.88. The number of carbonyl (C=O) groups excluding carboxylic acids is 1. The molecule has 1 aliphatic heterocycles. The van der Waals surface area contributed by atoms with E-state index < -0.39 is 0 Å². The van der Waals surface area contributed by atoms with Gasteiger partial charge in [0.1, 0.15) is 0 Å². The van der Waals surface area contributed by atoms with Crippen molar-refractivity contribution >= 4 is 5.91 Å². The van der Waals surface area contributed by atoms with Gasteiger partial charge in [0.2, 0.25) is 5.91 Å². The Morgan fingerprint density at radius 1 is 1.07 bits per heavy atom. The zero-order valence-electron chi connectivity index (χ0n) is 9.87. The van der Waals surface area contributed by atoms with Crippen LogP contribution in [0.3, 0.4) is 0 Å². The first-order valence-electron chi connectivity index (χ1n) is 6.56. The van der Waals surface area contributed by atoms with Gasteiger partial charge >= 0.3 is 0 Å². The van der Waals surface area contributed by atoms with Crippen molar-refractivity contribution in [2.75, 3.05) is 13.1 Å². The second kappa shape index (κ2) is 5.00. The monoisotopic (exact) mass is 209 g/mol. The molecule has 2 atom stereocenters. The molecule has 2 heteroatoms. The fourth-order valence-electron chi connectivity index (χ4n) is 3.03. The average molecular weight is 209 g/mol. The first-order valence-corrected chi connectivity index (χ1v) is 6.56. The van der Waals surface area contributed by atoms with Gasteiger partial charge in [-0.1, -0.05) is 19.8 Å². The summed E-state index contributed by atoms with van der Waals surface area (Å²) in [7, 11) is 0. The van der Waals surface area contributed by atoms with E-state index in [2.05, 4.69) is 11.8 Å². The van der Waals surface area contributed by atoms with Gasteiger partial charge in [0.25, 0.3) is 0 Å². The largest absolute Gasteiger partial charge is 0.342 e. The number of likely N-dealkylation sites (tertiary alicyclic amines) is 1. The molecule has 2 aliphatic rings. The maximum atomic E-state index is 12.2. The van der Waals surface area contributed by atoms with E-state index in [1.807, 2.05) is 0 Å². The van der Waals surface area contributed by atoms with Crippen LogP contribution in [0.5, 0.6) is 0 Å². The van der Waals surface area contributed by atoms with Crippen LogP contribution in [-0.4, -0.2) is 23.9 Å². The molecule has 1 saturated carbocycles. The number of amides is 1. The Kier molecular flexibility index (Phi) is 3.66. The van der Waals surface area contributed by atoms with Gasteiger partial charge in [-0.05, 0) is 38.0 Å². The highest BCUT2D eigenvalue weighted by Gasteiger charge is 2.28. The molecule has 1 aliphatic carbocycles. The smallest absolute Gasteiger partial charge is 0.225 e. The lowest BCUT2D eigenvalue weighted by Gasteiger charge is -2.33. The molecular weight excluding hydrogens is 186 g/mol. The zero-order valence-corrected chi connectivity index (χ0v) is 9.87. The Hall–Kier alpha value is -0.530. The molecule has 2 fully saturated rings. The van der Waals surface area contributed by atoms with E-state index in [1.54, 1.807) is 0 Å². The molecule has 0 aromatic carbocycles. The molecule has 0 spiro atoms. The number of rotatable bonds is 1. The molecule has 1 amide bonds. The van der Waals surface area contributed by atoms with Crippen LogP contribution in [0.15, 0.2) is 0 Å². The second-order valence-electron chi connectivity index (χ2n) is 5.35. The van der Waals surface area contributed by atoms with Crippen LogP contribution in [0.2, 0.25) is 0 Å². The first-order chi connectivity index (χ1) is 7.27. The van der Waals surface area contributed by atoms with Gasteiger partial charge in [0.05, 0.1) is 0 Å². The molecule has 86 valence electrons. The van der Waals surface area contributed by atoms with Crippen LogP contribution in [0.25, 0.3) is 0 Å². The summed E-state index contributed by atoms with van der Waals surface area (Å²) >= 11 is 0. The minimum Gasteiger partial charge on any atom is -0.342 e. The molecule has 15 heavy (non-hydrogen) atoms. The number of hydrogen-bond acceptors (Lipinski definition) is 1. The van der Waals surface area contributed by atoms with E-state index in [4.69, 9.17) is 0 Å². The summed E-state index contributed by atoms with van der Waals surface area (Å²) in [4.78, 5) is 14.3. The minimum absolute atomic E-state index is 0.354. The fraction of sp³-hybridized carbons (Fsp3) is 0.923. The molecule has 2 unspecified atom stereocenters. The van der Waals surface area contributed by atoms with E-state index in [0.717, 1.165) is 31.8 Å². The van der Waals surface area contributed by atoms with Gasteiger partial charge in [0, 0.05) is 19.0 Å². The molecule has 0 radical (unpaired) electrons. The predicted octanol–water partition coefficient (Wildman–Crippen LogP) is 2.83. The Morgan fingerprint density at radius 2 is 1.80 bits per heavy atom. The molecule has 0 bridgehead atoms. The summed E-state index contributed by atoms with van der Waals surface area (Å²) in [6.45, 7) is 4.32. The van der Waals surface area contributed by atoms with Gasteiger partial charge in [-0.15, -0.1) is 0 Å². The van der Waals surface area contributed by atoms with Crippen molar-refractivity contribution in [3.05, 3.63) is 0 Å². The predicted molar refractivity (Wildman–Crippen MR) is 61.6 cm³/mol. The van der Waals surface area contributed by atoms with Crippen molar-refractivity contribution in [1.29, 1.82) is 0 Å². The summed E-state index contributed by atoms with van der Waals surface area (Å²) in [6, 6.07) is 0.